The highest BCUT2D eigenvalue weighted by molar-refractivity contribution is 5.80. The Labute approximate surface area is 185 Å². The van der Waals surface area contributed by atoms with E-state index in [4.69, 9.17) is 4.74 Å². The lowest BCUT2D eigenvalue weighted by molar-refractivity contribution is 0.114. The van der Waals surface area contributed by atoms with Crippen molar-refractivity contribution < 1.29 is 9.84 Å². The molecule has 7 heteroatoms. The molecule has 1 aromatic carbocycles. The Hall–Kier alpha value is -2.64. The molecule has 1 saturated heterocycles. The smallest absolute Gasteiger partial charge is 0.191 e. The van der Waals surface area contributed by atoms with E-state index in [2.05, 4.69) is 31.6 Å². The van der Waals surface area contributed by atoms with E-state index in [1.807, 2.05) is 56.4 Å². The number of aryl methyl sites for hydroxylation is 1. The zero-order valence-electron chi connectivity index (χ0n) is 18.6. The Balaban J connectivity index is 1.42. The van der Waals surface area contributed by atoms with Crippen LogP contribution in [-0.2, 0) is 6.54 Å². The number of aliphatic hydroxyl groups excluding tert-OH is 1. The van der Waals surface area contributed by atoms with Crippen molar-refractivity contribution in [1.29, 1.82) is 0 Å². The fourth-order valence-electron chi connectivity index (χ4n) is 3.62. The van der Waals surface area contributed by atoms with Gasteiger partial charge in [-0.1, -0.05) is 18.2 Å². The van der Waals surface area contributed by atoms with Crippen molar-refractivity contribution in [2.75, 3.05) is 32.8 Å². The number of nitrogens with zero attached hydrogens (tertiary/aromatic N) is 3. The first-order chi connectivity index (χ1) is 15.1. The van der Waals surface area contributed by atoms with Crippen LogP contribution >= 0.6 is 0 Å². The molecule has 2 heterocycles. The number of pyridine rings is 1. The van der Waals surface area contributed by atoms with Gasteiger partial charge in [-0.05, 0) is 56.5 Å². The average Bonchev–Trinajstić information content (AvgIpc) is 2.78. The monoisotopic (exact) mass is 425 g/mol. The highest BCUT2D eigenvalue weighted by Crippen LogP contribution is 2.14. The van der Waals surface area contributed by atoms with Gasteiger partial charge in [0.25, 0.3) is 0 Å². The van der Waals surface area contributed by atoms with Gasteiger partial charge in [0.15, 0.2) is 5.96 Å². The zero-order chi connectivity index (χ0) is 21.9. The van der Waals surface area contributed by atoms with Crippen molar-refractivity contribution in [2.24, 2.45) is 4.99 Å². The van der Waals surface area contributed by atoms with E-state index in [1.54, 1.807) is 0 Å². The third-order valence-electron chi connectivity index (χ3n) is 5.28. The molecule has 1 aromatic heterocycles. The van der Waals surface area contributed by atoms with Gasteiger partial charge in [-0.15, -0.1) is 0 Å². The standard InChI is InChI=1S/C24H35N5O2/c1-3-25-24(27-16-22(30)18-31-23-9-6-7-19(2)15-23)28-20-10-13-29(14-11-20)17-21-8-4-5-12-26-21/h4-9,12,15,20,22,30H,3,10-11,13-14,16-18H2,1-2H3,(H2,25,27,28). The van der Waals surface area contributed by atoms with Crippen LogP contribution in [0.1, 0.15) is 31.0 Å². The number of benzene rings is 1. The highest BCUT2D eigenvalue weighted by atomic mass is 16.5. The summed E-state index contributed by atoms with van der Waals surface area (Å²) in [6.07, 6.45) is 3.30. The van der Waals surface area contributed by atoms with E-state index in [1.165, 1.54) is 0 Å². The lowest BCUT2D eigenvalue weighted by Gasteiger charge is -2.32. The SMILES string of the molecule is CCNC(=NCC(O)COc1cccc(C)c1)NC1CCN(Cc2ccccn2)CC1. The number of aliphatic imine (C=N–C) groups is 1. The summed E-state index contributed by atoms with van der Waals surface area (Å²) < 4.78 is 5.68. The second-order valence-corrected chi connectivity index (χ2v) is 8.02. The number of piperidine rings is 1. The number of guanidine groups is 1. The van der Waals surface area contributed by atoms with Gasteiger partial charge < -0.3 is 20.5 Å². The van der Waals surface area contributed by atoms with Crippen LogP contribution in [-0.4, -0.2) is 65.9 Å². The van der Waals surface area contributed by atoms with Gasteiger partial charge >= 0.3 is 0 Å². The minimum absolute atomic E-state index is 0.221. The summed E-state index contributed by atoms with van der Waals surface area (Å²) in [5.74, 6) is 1.52. The predicted octanol–water partition coefficient (Wildman–Crippen LogP) is 2.35. The number of hydrogen-bond donors (Lipinski definition) is 3. The summed E-state index contributed by atoms with van der Waals surface area (Å²) in [5, 5.41) is 17.1. The van der Waals surface area contributed by atoms with Crippen molar-refractivity contribution in [3.8, 4) is 5.75 Å². The maximum Gasteiger partial charge on any atom is 0.191 e. The molecule has 1 fully saturated rings. The molecule has 3 N–H and O–H groups in total. The Morgan fingerprint density at radius 1 is 1.26 bits per heavy atom. The van der Waals surface area contributed by atoms with Crippen molar-refractivity contribution >= 4 is 5.96 Å². The fourth-order valence-corrected chi connectivity index (χ4v) is 3.62. The van der Waals surface area contributed by atoms with Crippen molar-refractivity contribution in [2.45, 2.75) is 45.4 Å². The first-order valence-electron chi connectivity index (χ1n) is 11.2. The Morgan fingerprint density at radius 2 is 2.10 bits per heavy atom. The molecule has 31 heavy (non-hydrogen) atoms. The van der Waals surface area contributed by atoms with Crippen LogP contribution in [0.3, 0.4) is 0 Å². The summed E-state index contributed by atoms with van der Waals surface area (Å²) in [7, 11) is 0. The van der Waals surface area contributed by atoms with Crippen LogP contribution in [0.25, 0.3) is 0 Å². The summed E-state index contributed by atoms with van der Waals surface area (Å²) in [6, 6.07) is 14.3. The van der Waals surface area contributed by atoms with E-state index in [-0.39, 0.29) is 6.61 Å². The molecule has 0 amide bonds. The first-order valence-corrected chi connectivity index (χ1v) is 11.2. The van der Waals surface area contributed by atoms with Gasteiger partial charge in [0, 0.05) is 38.4 Å². The fraction of sp³-hybridized carbons (Fsp3) is 0.500. The number of aromatic nitrogens is 1. The quantitative estimate of drug-likeness (QED) is 0.423. The van der Waals surface area contributed by atoms with Gasteiger partial charge in [0.1, 0.15) is 18.5 Å². The maximum atomic E-state index is 10.3. The van der Waals surface area contributed by atoms with E-state index in [0.717, 1.165) is 62.0 Å². The molecule has 1 aliphatic rings. The Morgan fingerprint density at radius 3 is 2.81 bits per heavy atom. The van der Waals surface area contributed by atoms with E-state index >= 15 is 0 Å². The Bertz CT molecular complexity index is 807. The molecule has 0 aliphatic carbocycles. The number of ether oxygens (including phenoxy) is 1. The minimum atomic E-state index is -0.656. The second kappa shape index (κ2) is 12.3. The third kappa shape index (κ3) is 8.19. The maximum absolute atomic E-state index is 10.3. The molecule has 0 bridgehead atoms. The average molecular weight is 426 g/mol. The molecule has 7 nitrogen and oxygen atoms in total. The van der Waals surface area contributed by atoms with Crippen molar-refractivity contribution in [3.63, 3.8) is 0 Å². The van der Waals surface area contributed by atoms with Crippen molar-refractivity contribution in [1.82, 2.24) is 20.5 Å². The second-order valence-electron chi connectivity index (χ2n) is 8.02. The topological polar surface area (TPSA) is 82.0 Å². The summed E-state index contributed by atoms with van der Waals surface area (Å²) in [5.41, 5.74) is 2.25. The van der Waals surface area contributed by atoms with Gasteiger partial charge in [0.05, 0.1) is 12.2 Å². The van der Waals surface area contributed by atoms with E-state index in [9.17, 15) is 5.11 Å². The highest BCUT2D eigenvalue weighted by Gasteiger charge is 2.20. The van der Waals surface area contributed by atoms with E-state index in [0.29, 0.717) is 12.6 Å². The van der Waals surface area contributed by atoms with Gasteiger partial charge in [0.2, 0.25) is 0 Å². The van der Waals surface area contributed by atoms with Gasteiger partial charge in [-0.3, -0.25) is 14.9 Å². The normalized spacial score (nSPS) is 16.7. The lowest BCUT2D eigenvalue weighted by atomic mass is 10.0. The van der Waals surface area contributed by atoms with Crippen LogP contribution < -0.4 is 15.4 Å². The number of aliphatic hydroxyl groups is 1. The number of likely N-dealkylation sites (tertiary alicyclic amines) is 1. The van der Waals surface area contributed by atoms with Crippen LogP contribution in [0.5, 0.6) is 5.75 Å². The van der Waals surface area contributed by atoms with Crippen LogP contribution in [0.4, 0.5) is 0 Å². The summed E-state index contributed by atoms with van der Waals surface area (Å²) in [4.78, 5) is 11.4. The van der Waals surface area contributed by atoms with Crippen LogP contribution in [0.15, 0.2) is 53.7 Å². The molecule has 168 valence electrons. The molecule has 0 saturated carbocycles. The molecule has 1 unspecified atom stereocenters. The molecular formula is C24H35N5O2. The summed E-state index contributed by atoms with van der Waals surface area (Å²) in [6.45, 7) is 8.31. The Kier molecular flexibility index (Phi) is 9.12. The van der Waals surface area contributed by atoms with Gasteiger partial charge in [-0.25, -0.2) is 0 Å². The number of nitrogens with one attached hydrogen (secondary N) is 2. The van der Waals surface area contributed by atoms with Gasteiger partial charge in [-0.2, -0.15) is 0 Å². The zero-order valence-corrected chi connectivity index (χ0v) is 18.6. The number of rotatable bonds is 9. The molecule has 2 aromatic rings. The van der Waals surface area contributed by atoms with Crippen LogP contribution in [0, 0.1) is 6.92 Å². The lowest BCUT2D eigenvalue weighted by Crippen LogP contribution is -2.48. The molecule has 1 atom stereocenters. The number of hydrogen-bond acceptors (Lipinski definition) is 5. The molecule has 3 rings (SSSR count). The first kappa shape index (κ1) is 23.0. The third-order valence-corrected chi connectivity index (χ3v) is 5.28. The molecule has 1 aliphatic heterocycles. The predicted molar refractivity (Wildman–Crippen MR) is 124 cm³/mol. The largest absolute Gasteiger partial charge is 0.491 e. The molecule has 0 spiro atoms. The van der Waals surface area contributed by atoms with Crippen LogP contribution in [0.2, 0.25) is 0 Å². The molecule has 0 radical (unpaired) electrons. The summed E-state index contributed by atoms with van der Waals surface area (Å²) >= 11 is 0. The molecular weight excluding hydrogens is 390 g/mol. The van der Waals surface area contributed by atoms with Crippen molar-refractivity contribution in [3.05, 3.63) is 59.9 Å². The minimum Gasteiger partial charge on any atom is -0.491 e. The van der Waals surface area contributed by atoms with E-state index < -0.39 is 6.10 Å².